The Kier molecular flexibility index (Phi) is 5.50. The first-order valence-corrected chi connectivity index (χ1v) is 9.98. The van der Waals surface area contributed by atoms with Crippen LogP contribution >= 0.6 is 11.3 Å². The topological polar surface area (TPSA) is 125 Å². The Hall–Kier alpha value is -3.99. The molecule has 10 nitrogen and oxygen atoms in total. The van der Waals surface area contributed by atoms with Gasteiger partial charge in [-0.15, -0.1) is 11.3 Å². The lowest BCUT2D eigenvalue weighted by molar-refractivity contribution is -0.394. The van der Waals surface area contributed by atoms with Gasteiger partial charge >= 0.3 is 0 Å². The molecule has 11 heteroatoms. The molecule has 3 aromatic rings. The van der Waals surface area contributed by atoms with E-state index in [1.165, 1.54) is 16.2 Å². The van der Waals surface area contributed by atoms with Crippen LogP contribution in [0.3, 0.4) is 0 Å². The van der Waals surface area contributed by atoms with E-state index in [1.54, 1.807) is 18.2 Å². The second-order valence-corrected chi connectivity index (χ2v) is 7.58. The molecule has 0 unspecified atom stereocenters. The second kappa shape index (κ2) is 8.40. The van der Waals surface area contributed by atoms with Gasteiger partial charge < -0.3 is 14.4 Å². The predicted molar refractivity (Wildman–Crippen MR) is 112 cm³/mol. The number of amides is 1. The summed E-state index contributed by atoms with van der Waals surface area (Å²) in [5.74, 6) is 0.402. The van der Waals surface area contributed by atoms with Crippen LogP contribution in [0, 0.1) is 20.2 Å². The van der Waals surface area contributed by atoms with E-state index in [0.717, 1.165) is 23.1 Å². The molecule has 2 heterocycles. The quantitative estimate of drug-likeness (QED) is 0.415. The third-order valence-electron chi connectivity index (χ3n) is 4.55. The first kappa shape index (κ1) is 20.3. The van der Waals surface area contributed by atoms with Crippen molar-refractivity contribution in [1.29, 1.82) is 0 Å². The van der Waals surface area contributed by atoms with Crippen LogP contribution < -0.4 is 14.4 Å². The SMILES string of the molecule is O=C(c1cc([N+](=O)[O-])cc([N+](=O)[O-])c1)N(Cc1cccs1)c1ccc2c(c1)OCCO2. The number of hydrogen-bond acceptors (Lipinski definition) is 8. The molecule has 0 N–H and O–H groups in total. The average molecular weight is 441 g/mol. The van der Waals surface area contributed by atoms with E-state index in [9.17, 15) is 25.0 Å². The lowest BCUT2D eigenvalue weighted by Crippen LogP contribution is -2.30. The van der Waals surface area contributed by atoms with Crippen molar-refractivity contribution < 1.29 is 24.1 Å². The van der Waals surface area contributed by atoms with E-state index in [4.69, 9.17) is 9.47 Å². The van der Waals surface area contributed by atoms with Crippen LogP contribution in [-0.2, 0) is 6.54 Å². The Balaban J connectivity index is 1.78. The fraction of sp³-hybridized carbons (Fsp3) is 0.150. The predicted octanol–water partition coefficient (Wildman–Crippen LogP) is 4.18. The van der Waals surface area contributed by atoms with Gasteiger partial charge in [-0.25, -0.2) is 0 Å². The first-order valence-electron chi connectivity index (χ1n) is 9.10. The Labute approximate surface area is 179 Å². The Morgan fingerprint density at radius 2 is 1.65 bits per heavy atom. The summed E-state index contributed by atoms with van der Waals surface area (Å²) in [6.45, 7) is 0.959. The maximum Gasteiger partial charge on any atom is 0.277 e. The van der Waals surface area contributed by atoms with Crippen molar-refractivity contribution in [3.63, 3.8) is 0 Å². The summed E-state index contributed by atoms with van der Waals surface area (Å²) in [5, 5.41) is 24.3. The minimum atomic E-state index is -0.766. The third-order valence-corrected chi connectivity index (χ3v) is 5.41. The number of nitro benzene ring substituents is 2. The summed E-state index contributed by atoms with van der Waals surface area (Å²) in [5.41, 5.74) is -0.754. The molecular formula is C20H15N3O7S. The zero-order chi connectivity index (χ0) is 22.0. The van der Waals surface area contributed by atoms with Crippen molar-refractivity contribution in [1.82, 2.24) is 0 Å². The molecular weight excluding hydrogens is 426 g/mol. The van der Waals surface area contributed by atoms with E-state index in [-0.39, 0.29) is 12.1 Å². The van der Waals surface area contributed by atoms with Crippen LogP contribution in [-0.4, -0.2) is 29.0 Å². The van der Waals surface area contributed by atoms with Gasteiger partial charge in [-0.1, -0.05) is 6.07 Å². The monoisotopic (exact) mass is 441 g/mol. The van der Waals surface area contributed by atoms with Gasteiger partial charge in [0, 0.05) is 28.8 Å². The molecule has 1 aliphatic rings. The van der Waals surface area contributed by atoms with Crippen molar-refractivity contribution in [2.24, 2.45) is 0 Å². The lowest BCUT2D eigenvalue weighted by atomic mass is 10.1. The molecule has 0 radical (unpaired) electrons. The van der Waals surface area contributed by atoms with Crippen LogP contribution in [0.1, 0.15) is 15.2 Å². The molecule has 1 aliphatic heterocycles. The molecule has 158 valence electrons. The number of anilines is 1. The number of nitrogens with zero attached hydrogens (tertiary/aromatic N) is 3. The molecule has 0 fully saturated rings. The molecule has 0 atom stereocenters. The van der Waals surface area contributed by atoms with Gasteiger partial charge in [-0.2, -0.15) is 0 Å². The highest BCUT2D eigenvalue weighted by Gasteiger charge is 2.26. The Morgan fingerprint density at radius 3 is 2.26 bits per heavy atom. The summed E-state index contributed by atoms with van der Waals surface area (Å²) in [4.78, 5) is 36.6. The number of rotatable bonds is 6. The molecule has 1 aromatic heterocycles. The van der Waals surface area contributed by atoms with Crippen molar-refractivity contribution in [2.75, 3.05) is 18.1 Å². The number of carbonyl (C=O) groups excluding carboxylic acids is 1. The number of nitro groups is 2. The number of carbonyl (C=O) groups is 1. The molecule has 0 aliphatic carbocycles. The third kappa shape index (κ3) is 4.31. The van der Waals surface area contributed by atoms with Crippen molar-refractivity contribution >= 4 is 34.3 Å². The number of non-ortho nitro benzene ring substituents is 2. The van der Waals surface area contributed by atoms with Gasteiger partial charge in [-0.3, -0.25) is 25.0 Å². The number of hydrogen-bond donors (Lipinski definition) is 0. The highest BCUT2D eigenvalue weighted by molar-refractivity contribution is 7.09. The fourth-order valence-electron chi connectivity index (χ4n) is 3.12. The van der Waals surface area contributed by atoms with Crippen LogP contribution in [0.25, 0.3) is 0 Å². The summed E-state index contributed by atoms with van der Waals surface area (Å²) in [6.07, 6.45) is 0. The molecule has 0 saturated carbocycles. The summed E-state index contributed by atoms with van der Waals surface area (Å²) in [7, 11) is 0. The standard InChI is InChI=1S/C20H15N3O7S/c24-20(13-8-15(22(25)26)10-16(9-13)23(27)28)21(12-17-2-1-7-31-17)14-3-4-18-19(11-14)30-6-5-29-18/h1-4,7-11H,5-6,12H2. The van der Waals surface area contributed by atoms with Crippen LogP contribution in [0.4, 0.5) is 17.1 Å². The smallest absolute Gasteiger partial charge is 0.277 e. The number of ether oxygens (including phenoxy) is 2. The van der Waals surface area contributed by atoms with E-state index in [1.807, 2.05) is 17.5 Å². The number of thiophene rings is 1. The zero-order valence-electron chi connectivity index (χ0n) is 15.9. The van der Waals surface area contributed by atoms with Crippen molar-refractivity contribution in [2.45, 2.75) is 6.54 Å². The van der Waals surface area contributed by atoms with Gasteiger partial charge in [-0.05, 0) is 23.6 Å². The van der Waals surface area contributed by atoms with Gasteiger partial charge in [0.15, 0.2) is 11.5 Å². The van der Waals surface area contributed by atoms with E-state index < -0.39 is 27.1 Å². The Bertz CT molecular complexity index is 1130. The van der Waals surface area contributed by atoms with Gasteiger partial charge in [0.25, 0.3) is 17.3 Å². The number of benzene rings is 2. The molecule has 0 bridgehead atoms. The number of fused-ring (bicyclic) bond motifs is 1. The van der Waals surface area contributed by atoms with E-state index in [0.29, 0.717) is 30.4 Å². The largest absolute Gasteiger partial charge is 0.486 e. The maximum absolute atomic E-state index is 13.4. The van der Waals surface area contributed by atoms with Crippen molar-refractivity contribution in [3.8, 4) is 11.5 Å². The molecule has 2 aromatic carbocycles. The molecule has 0 spiro atoms. The fourth-order valence-corrected chi connectivity index (χ4v) is 3.82. The summed E-state index contributed by atoms with van der Waals surface area (Å²) >= 11 is 1.44. The Morgan fingerprint density at radius 1 is 0.968 bits per heavy atom. The lowest BCUT2D eigenvalue weighted by Gasteiger charge is -2.25. The van der Waals surface area contributed by atoms with Crippen LogP contribution in [0.15, 0.2) is 53.9 Å². The van der Waals surface area contributed by atoms with E-state index in [2.05, 4.69) is 0 Å². The van der Waals surface area contributed by atoms with Crippen LogP contribution in [0.2, 0.25) is 0 Å². The van der Waals surface area contributed by atoms with Gasteiger partial charge in [0.05, 0.1) is 28.0 Å². The highest BCUT2D eigenvalue weighted by atomic mass is 32.1. The summed E-state index contributed by atoms with van der Waals surface area (Å²) in [6, 6.07) is 11.6. The van der Waals surface area contributed by atoms with Crippen LogP contribution in [0.5, 0.6) is 11.5 Å². The zero-order valence-corrected chi connectivity index (χ0v) is 16.7. The minimum absolute atomic E-state index is 0.160. The van der Waals surface area contributed by atoms with Gasteiger partial charge in [0.2, 0.25) is 0 Å². The van der Waals surface area contributed by atoms with Crippen molar-refractivity contribution in [3.05, 3.63) is 84.6 Å². The summed E-state index contributed by atoms with van der Waals surface area (Å²) < 4.78 is 11.1. The maximum atomic E-state index is 13.4. The second-order valence-electron chi connectivity index (χ2n) is 6.55. The average Bonchev–Trinajstić information content (AvgIpc) is 3.29. The molecule has 1 amide bonds. The minimum Gasteiger partial charge on any atom is -0.486 e. The van der Waals surface area contributed by atoms with Gasteiger partial charge in [0.1, 0.15) is 13.2 Å². The molecule has 4 rings (SSSR count). The highest BCUT2D eigenvalue weighted by Crippen LogP contribution is 2.35. The van der Waals surface area contributed by atoms with E-state index >= 15 is 0 Å². The molecule has 31 heavy (non-hydrogen) atoms. The first-order chi connectivity index (χ1) is 14.9. The molecule has 0 saturated heterocycles. The normalized spacial score (nSPS) is 12.3.